The van der Waals surface area contributed by atoms with Gasteiger partial charge in [0.2, 0.25) is 5.91 Å². The van der Waals surface area contributed by atoms with Gasteiger partial charge in [0.1, 0.15) is 11.4 Å². The van der Waals surface area contributed by atoms with Crippen molar-refractivity contribution in [1.29, 1.82) is 0 Å². The minimum absolute atomic E-state index is 0.0603. The molecule has 1 aromatic rings. The van der Waals surface area contributed by atoms with Crippen LogP contribution in [-0.4, -0.2) is 52.9 Å². The van der Waals surface area contributed by atoms with Crippen LogP contribution in [0.5, 0.6) is 0 Å². The first-order valence-electron chi connectivity index (χ1n) is 10.2. The van der Waals surface area contributed by atoms with E-state index in [0.29, 0.717) is 18.7 Å². The van der Waals surface area contributed by atoms with Gasteiger partial charge in [0, 0.05) is 26.1 Å². The monoisotopic (exact) mass is 385 g/mol. The molecule has 0 bridgehead atoms. The van der Waals surface area contributed by atoms with Crippen LogP contribution in [0, 0.1) is 0 Å². The summed E-state index contributed by atoms with van der Waals surface area (Å²) in [5, 5.41) is 5.61. The van der Waals surface area contributed by atoms with Gasteiger partial charge in [0.25, 0.3) is 5.91 Å². The summed E-state index contributed by atoms with van der Waals surface area (Å²) in [7, 11) is 0. The second-order valence-electron chi connectivity index (χ2n) is 7.92. The number of rotatable bonds is 5. The quantitative estimate of drug-likeness (QED) is 0.758. The van der Waals surface area contributed by atoms with Crippen LogP contribution in [0.1, 0.15) is 51.4 Å². The van der Waals surface area contributed by atoms with Crippen molar-refractivity contribution in [2.75, 3.05) is 29.9 Å². The van der Waals surface area contributed by atoms with Crippen LogP contribution in [0.15, 0.2) is 18.3 Å². The SMILES string of the molecule is O=C(CCN1C(=O)NC2(CCCCC2)C1=O)Nc1ccc(N2CCCC2)cn1. The van der Waals surface area contributed by atoms with E-state index in [1.807, 2.05) is 6.07 Å². The maximum Gasteiger partial charge on any atom is 0.325 e. The fourth-order valence-corrected chi connectivity index (χ4v) is 4.41. The van der Waals surface area contributed by atoms with E-state index in [1.54, 1.807) is 12.3 Å². The zero-order chi connectivity index (χ0) is 19.6. The molecule has 3 aliphatic rings. The molecule has 8 heteroatoms. The van der Waals surface area contributed by atoms with Gasteiger partial charge < -0.3 is 15.5 Å². The van der Waals surface area contributed by atoms with E-state index in [0.717, 1.165) is 38.0 Å². The summed E-state index contributed by atoms with van der Waals surface area (Å²) in [6.45, 7) is 2.17. The van der Waals surface area contributed by atoms with Crippen molar-refractivity contribution in [1.82, 2.24) is 15.2 Å². The lowest BCUT2D eigenvalue weighted by atomic mass is 9.82. The zero-order valence-corrected chi connectivity index (χ0v) is 16.1. The number of carbonyl (C=O) groups is 3. The summed E-state index contributed by atoms with van der Waals surface area (Å²) in [5.74, 6) is 0.0404. The van der Waals surface area contributed by atoms with Crippen molar-refractivity contribution in [3.8, 4) is 0 Å². The largest absolute Gasteiger partial charge is 0.370 e. The molecular formula is C20H27N5O3. The first-order valence-corrected chi connectivity index (χ1v) is 10.2. The van der Waals surface area contributed by atoms with Crippen LogP contribution >= 0.6 is 0 Å². The van der Waals surface area contributed by atoms with E-state index in [-0.39, 0.29) is 30.8 Å². The van der Waals surface area contributed by atoms with Gasteiger partial charge in [-0.3, -0.25) is 14.5 Å². The number of amides is 4. The summed E-state index contributed by atoms with van der Waals surface area (Å²) in [4.78, 5) is 45.0. The van der Waals surface area contributed by atoms with Crippen molar-refractivity contribution in [3.05, 3.63) is 18.3 Å². The normalized spacial score (nSPS) is 21.3. The first kappa shape index (κ1) is 18.7. The van der Waals surface area contributed by atoms with E-state index in [9.17, 15) is 14.4 Å². The number of imide groups is 1. The van der Waals surface area contributed by atoms with E-state index < -0.39 is 5.54 Å². The lowest BCUT2D eigenvalue weighted by molar-refractivity contribution is -0.132. The van der Waals surface area contributed by atoms with Gasteiger partial charge >= 0.3 is 6.03 Å². The fourth-order valence-electron chi connectivity index (χ4n) is 4.41. The molecule has 28 heavy (non-hydrogen) atoms. The summed E-state index contributed by atoms with van der Waals surface area (Å²) in [6, 6.07) is 3.36. The highest BCUT2D eigenvalue weighted by Gasteiger charge is 2.51. The molecule has 8 nitrogen and oxygen atoms in total. The number of aromatic nitrogens is 1. The molecule has 0 unspecified atom stereocenters. The highest BCUT2D eigenvalue weighted by atomic mass is 16.2. The molecule has 2 aliphatic heterocycles. The Labute approximate surface area is 164 Å². The predicted molar refractivity (Wildman–Crippen MR) is 105 cm³/mol. The van der Waals surface area contributed by atoms with Crippen LogP contribution in [0.3, 0.4) is 0 Å². The highest BCUT2D eigenvalue weighted by molar-refractivity contribution is 6.07. The molecule has 0 aromatic carbocycles. The van der Waals surface area contributed by atoms with Crippen LogP contribution in [0.4, 0.5) is 16.3 Å². The van der Waals surface area contributed by atoms with E-state index in [2.05, 4.69) is 20.5 Å². The molecular weight excluding hydrogens is 358 g/mol. The molecule has 1 spiro atoms. The van der Waals surface area contributed by atoms with E-state index >= 15 is 0 Å². The van der Waals surface area contributed by atoms with Crippen molar-refractivity contribution < 1.29 is 14.4 Å². The molecule has 2 N–H and O–H groups in total. The fraction of sp³-hybridized carbons (Fsp3) is 0.600. The summed E-state index contributed by atoms with van der Waals surface area (Å²) < 4.78 is 0. The molecule has 4 amide bonds. The summed E-state index contributed by atoms with van der Waals surface area (Å²) in [6.07, 6.45) is 8.58. The maximum absolute atomic E-state index is 12.7. The Hall–Kier alpha value is -2.64. The van der Waals surface area contributed by atoms with Crippen molar-refractivity contribution in [2.24, 2.45) is 0 Å². The van der Waals surface area contributed by atoms with Crippen LogP contribution in [-0.2, 0) is 9.59 Å². The van der Waals surface area contributed by atoms with Crippen LogP contribution in [0.2, 0.25) is 0 Å². The zero-order valence-electron chi connectivity index (χ0n) is 16.1. The number of hydrogen-bond acceptors (Lipinski definition) is 5. The Morgan fingerprint density at radius 3 is 2.54 bits per heavy atom. The number of nitrogens with zero attached hydrogens (tertiary/aromatic N) is 3. The Morgan fingerprint density at radius 1 is 1.11 bits per heavy atom. The van der Waals surface area contributed by atoms with Gasteiger partial charge in [-0.1, -0.05) is 19.3 Å². The lowest BCUT2D eigenvalue weighted by Gasteiger charge is -2.30. The number of urea groups is 1. The minimum Gasteiger partial charge on any atom is -0.370 e. The molecule has 0 radical (unpaired) electrons. The molecule has 3 heterocycles. The van der Waals surface area contributed by atoms with Crippen molar-refractivity contribution in [2.45, 2.75) is 56.9 Å². The number of nitrogens with one attached hydrogen (secondary N) is 2. The van der Waals surface area contributed by atoms with Crippen LogP contribution < -0.4 is 15.5 Å². The van der Waals surface area contributed by atoms with Gasteiger partial charge in [-0.15, -0.1) is 0 Å². The molecule has 3 fully saturated rings. The summed E-state index contributed by atoms with van der Waals surface area (Å²) >= 11 is 0. The molecule has 1 saturated carbocycles. The molecule has 1 aliphatic carbocycles. The van der Waals surface area contributed by atoms with Gasteiger partial charge in [-0.05, 0) is 37.8 Å². The standard InChI is InChI=1S/C20H27N5O3/c26-17(22-16-7-6-15(14-21-16)24-11-4-5-12-24)8-13-25-18(27)20(23-19(25)28)9-2-1-3-10-20/h6-7,14H,1-5,8-13H2,(H,23,28)(H,21,22,26). The Balaban J connectivity index is 1.29. The van der Waals surface area contributed by atoms with E-state index in [1.165, 1.54) is 17.7 Å². The van der Waals surface area contributed by atoms with E-state index in [4.69, 9.17) is 0 Å². The average molecular weight is 385 g/mol. The molecule has 0 atom stereocenters. The maximum atomic E-state index is 12.7. The Morgan fingerprint density at radius 2 is 1.86 bits per heavy atom. The van der Waals surface area contributed by atoms with Gasteiger partial charge in [0.15, 0.2) is 0 Å². The minimum atomic E-state index is -0.737. The lowest BCUT2D eigenvalue weighted by Crippen LogP contribution is -2.48. The molecule has 150 valence electrons. The van der Waals surface area contributed by atoms with Crippen molar-refractivity contribution >= 4 is 29.4 Å². The third kappa shape index (κ3) is 3.68. The van der Waals surface area contributed by atoms with Crippen LogP contribution in [0.25, 0.3) is 0 Å². The smallest absolute Gasteiger partial charge is 0.325 e. The first-order chi connectivity index (χ1) is 13.6. The second kappa shape index (κ2) is 7.77. The highest BCUT2D eigenvalue weighted by Crippen LogP contribution is 2.33. The summed E-state index contributed by atoms with van der Waals surface area (Å²) in [5.41, 5.74) is 0.325. The average Bonchev–Trinajstić information content (AvgIpc) is 3.30. The second-order valence-corrected chi connectivity index (χ2v) is 7.92. The number of hydrogen-bond donors (Lipinski definition) is 2. The topological polar surface area (TPSA) is 94.6 Å². The Bertz CT molecular complexity index is 752. The Kier molecular flexibility index (Phi) is 5.19. The molecule has 4 rings (SSSR count). The third-order valence-corrected chi connectivity index (χ3v) is 6.00. The number of carbonyl (C=O) groups excluding carboxylic acids is 3. The third-order valence-electron chi connectivity index (χ3n) is 6.00. The predicted octanol–water partition coefficient (Wildman–Crippen LogP) is 2.27. The van der Waals surface area contributed by atoms with Gasteiger partial charge in [0.05, 0.1) is 11.9 Å². The molecule has 2 saturated heterocycles. The number of anilines is 2. The van der Waals surface area contributed by atoms with Gasteiger partial charge in [-0.25, -0.2) is 9.78 Å². The van der Waals surface area contributed by atoms with Gasteiger partial charge in [-0.2, -0.15) is 0 Å². The molecule has 1 aromatic heterocycles. The number of pyridine rings is 1. The van der Waals surface area contributed by atoms with Crippen molar-refractivity contribution in [3.63, 3.8) is 0 Å².